The first-order valence-corrected chi connectivity index (χ1v) is 9.46. The van der Waals surface area contributed by atoms with Crippen LogP contribution in [-0.2, 0) is 19.4 Å². The molecule has 1 aliphatic rings. The number of rotatable bonds is 6. The molecule has 1 aromatic rings. The maximum absolute atomic E-state index is 12.7. The van der Waals surface area contributed by atoms with Crippen molar-refractivity contribution in [3.8, 4) is 17.6 Å². The molecule has 1 saturated heterocycles. The van der Waals surface area contributed by atoms with E-state index in [4.69, 9.17) is 14.7 Å². The number of carbonyl (C=O) groups is 1. The molecule has 0 spiro atoms. The zero-order valence-electron chi connectivity index (χ0n) is 13.9. The molecule has 1 fully saturated rings. The minimum Gasteiger partial charge on any atom is -0.481 e. The fourth-order valence-electron chi connectivity index (χ4n) is 2.70. The third-order valence-electron chi connectivity index (χ3n) is 4.17. The van der Waals surface area contributed by atoms with Gasteiger partial charge in [-0.3, -0.25) is 10.0 Å². The average molecular weight is 367 g/mol. The van der Waals surface area contributed by atoms with Crippen molar-refractivity contribution in [2.24, 2.45) is 5.41 Å². The summed E-state index contributed by atoms with van der Waals surface area (Å²) in [4.78, 5) is 12.2. The molecule has 8 heteroatoms. The standard InChI is InChI=1S/C17H21NO6S/c1-2-3-10-24-14-4-6-15(7-5-14)25(21,22)13-17(16(19)18-20)8-11-23-12-9-17/h4-7,20H,8-13H2,1H3,(H,18,19). The van der Waals surface area contributed by atoms with Gasteiger partial charge in [-0.1, -0.05) is 5.92 Å². The van der Waals surface area contributed by atoms with E-state index in [-0.39, 0.29) is 37.6 Å². The molecule has 0 unspecified atom stereocenters. The average Bonchev–Trinajstić information content (AvgIpc) is 2.62. The molecule has 0 atom stereocenters. The number of hydrogen-bond acceptors (Lipinski definition) is 6. The molecule has 1 amide bonds. The van der Waals surface area contributed by atoms with E-state index in [9.17, 15) is 13.2 Å². The molecule has 2 rings (SSSR count). The van der Waals surface area contributed by atoms with Crippen LogP contribution in [-0.4, -0.2) is 45.1 Å². The van der Waals surface area contributed by atoms with Gasteiger partial charge in [-0.25, -0.2) is 13.9 Å². The van der Waals surface area contributed by atoms with Crippen molar-refractivity contribution in [2.75, 3.05) is 25.6 Å². The van der Waals surface area contributed by atoms with E-state index >= 15 is 0 Å². The largest absolute Gasteiger partial charge is 0.481 e. The van der Waals surface area contributed by atoms with Crippen LogP contribution in [0.1, 0.15) is 19.8 Å². The Morgan fingerprint density at radius 3 is 2.52 bits per heavy atom. The van der Waals surface area contributed by atoms with Crippen LogP contribution in [0.2, 0.25) is 0 Å². The minimum atomic E-state index is -3.73. The Hall–Kier alpha value is -2.08. The molecule has 1 heterocycles. The molecule has 25 heavy (non-hydrogen) atoms. The topological polar surface area (TPSA) is 102 Å². The van der Waals surface area contributed by atoms with Crippen molar-refractivity contribution in [1.82, 2.24) is 5.48 Å². The van der Waals surface area contributed by atoms with Gasteiger partial charge in [0.05, 0.1) is 16.1 Å². The summed E-state index contributed by atoms with van der Waals surface area (Å²) in [5, 5.41) is 9.00. The van der Waals surface area contributed by atoms with E-state index in [0.717, 1.165) is 0 Å². The van der Waals surface area contributed by atoms with Crippen LogP contribution < -0.4 is 10.2 Å². The summed E-state index contributed by atoms with van der Waals surface area (Å²) in [5.74, 6) is 4.87. The zero-order valence-corrected chi connectivity index (χ0v) is 14.8. The molecule has 1 aliphatic heterocycles. The Morgan fingerprint density at radius 1 is 1.32 bits per heavy atom. The predicted octanol–water partition coefficient (Wildman–Crippen LogP) is 1.16. The summed E-state index contributed by atoms with van der Waals surface area (Å²) in [7, 11) is -3.73. The summed E-state index contributed by atoms with van der Waals surface area (Å²) in [6.07, 6.45) is 0.463. The van der Waals surface area contributed by atoms with E-state index in [0.29, 0.717) is 5.75 Å². The fourth-order valence-corrected chi connectivity index (χ4v) is 4.56. The number of nitrogens with one attached hydrogen (secondary N) is 1. The highest BCUT2D eigenvalue weighted by atomic mass is 32.2. The molecule has 7 nitrogen and oxygen atoms in total. The fraction of sp³-hybridized carbons (Fsp3) is 0.471. The van der Waals surface area contributed by atoms with Gasteiger partial charge >= 0.3 is 0 Å². The van der Waals surface area contributed by atoms with Gasteiger partial charge in [0, 0.05) is 13.2 Å². The van der Waals surface area contributed by atoms with Gasteiger partial charge in [0.1, 0.15) is 12.4 Å². The molecule has 0 saturated carbocycles. The van der Waals surface area contributed by atoms with E-state index in [1.165, 1.54) is 12.1 Å². The lowest BCUT2D eigenvalue weighted by Crippen LogP contribution is -2.47. The third kappa shape index (κ3) is 4.72. The highest BCUT2D eigenvalue weighted by Crippen LogP contribution is 2.34. The monoisotopic (exact) mass is 367 g/mol. The van der Waals surface area contributed by atoms with E-state index in [1.54, 1.807) is 24.5 Å². The van der Waals surface area contributed by atoms with Crippen molar-refractivity contribution in [2.45, 2.75) is 24.7 Å². The lowest BCUT2D eigenvalue weighted by atomic mass is 9.81. The van der Waals surface area contributed by atoms with Crippen molar-refractivity contribution in [1.29, 1.82) is 0 Å². The van der Waals surface area contributed by atoms with Gasteiger partial charge < -0.3 is 9.47 Å². The molecule has 136 valence electrons. The van der Waals surface area contributed by atoms with Crippen molar-refractivity contribution in [3.63, 3.8) is 0 Å². The summed E-state index contributed by atoms with van der Waals surface area (Å²) >= 11 is 0. The lowest BCUT2D eigenvalue weighted by molar-refractivity contribution is -0.143. The molecule has 0 bridgehead atoms. The molecular formula is C17H21NO6S. The van der Waals surface area contributed by atoms with Gasteiger partial charge in [0.25, 0.3) is 5.91 Å². The molecular weight excluding hydrogens is 346 g/mol. The number of hydrogen-bond donors (Lipinski definition) is 2. The zero-order chi connectivity index (χ0) is 18.3. The highest BCUT2D eigenvalue weighted by Gasteiger charge is 2.44. The number of carbonyl (C=O) groups excluding carboxylic acids is 1. The maximum Gasteiger partial charge on any atom is 0.250 e. The summed E-state index contributed by atoms with van der Waals surface area (Å²) in [5.41, 5.74) is 0.399. The van der Waals surface area contributed by atoms with E-state index in [2.05, 4.69) is 11.8 Å². The maximum atomic E-state index is 12.7. The predicted molar refractivity (Wildman–Crippen MR) is 89.9 cm³/mol. The highest BCUT2D eigenvalue weighted by molar-refractivity contribution is 7.91. The van der Waals surface area contributed by atoms with Crippen LogP contribution >= 0.6 is 0 Å². The van der Waals surface area contributed by atoms with Crippen LogP contribution in [0, 0.1) is 17.3 Å². The van der Waals surface area contributed by atoms with Crippen molar-refractivity contribution >= 4 is 15.7 Å². The number of hydroxylamine groups is 1. The normalized spacial score (nSPS) is 16.4. The van der Waals surface area contributed by atoms with Crippen LogP contribution in [0.25, 0.3) is 0 Å². The second-order valence-electron chi connectivity index (χ2n) is 5.78. The number of amides is 1. The van der Waals surface area contributed by atoms with Crippen LogP contribution in [0.3, 0.4) is 0 Å². The lowest BCUT2D eigenvalue weighted by Gasteiger charge is -2.34. The first-order valence-electron chi connectivity index (χ1n) is 7.81. The Morgan fingerprint density at radius 2 is 1.96 bits per heavy atom. The minimum absolute atomic E-state index is 0.0954. The van der Waals surface area contributed by atoms with Crippen molar-refractivity contribution < 1.29 is 27.9 Å². The smallest absolute Gasteiger partial charge is 0.250 e. The van der Waals surface area contributed by atoms with Gasteiger partial charge in [0.15, 0.2) is 9.84 Å². The molecule has 0 radical (unpaired) electrons. The van der Waals surface area contributed by atoms with Gasteiger partial charge in [-0.2, -0.15) is 0 Å². The van der Waals surface area contributed by atoms with Crippen LogP contribution in [0.5, 0.6) is 5.75 Å². The number of ether oxygens (including phenoxy) is 2. The van der Waals surface area contributed by atoms with Gasteiger partial charge in [0.2, 0.25) is 0 Å². The quantitative estimate of drug-likeness (QED) is 0.444. The Labute approximate surface area is 147 Å². The van der Waals surface area contributed by atoms with Crippen molar-refractivity contribution in [3.05, 3.63) is 24.3 Å². The molecule has 2 N–H and O–H groups in total. The first kappa shape index (κ1) is 19.2. The van der Waals surface area contributed by atoms with Gasteiger partial charge in [-0.15, -0.1) is 5.92 Å². The Balaban J connectivity index is 2.18. The number of benzene rings is 1. The third-order valence-corrected chi connectivity index (χ3v) is 6.09. The summed E-state index contributed by atoms with van der Waals surface area (Å²) < 4.78 is 36.0. The van der Waals surface area contributed by atoms with E-state index < -0.39 is 26.9 Å². The second kappa shape index (κ2) is 8.34. The molecule has 0 aromatic heterocycles. The van der Waals surface area contributed by atoms with Crippen LogP contribution in [0.15, 0.2) is 29.2 Å². The SMILES string of the molecule is CC#CCOc1ccc(S(=O)(=O)CC2(C(=O)NO)CCOCC2)cc1. The molecule has 1 aromatic carbocycles. The van der Waals surface area contributed by atoms with Crippen LogP contribution in [0.4, 0.5) is 0 Å². The summed E-state index contributed by atoms with van der Waals surface area (Å²) in [6, 6.07) is 5.97. The first-order chi connectivity index (χ1) is 11.9. The number of sulfone groups is 1. The Kier molecular flexibility index (Phi) is 6.42. The van der Waals surface area contributed by atoms with Gasteiger partial charge in [-0.05, 0) is 44.0 Å². The summed E-state index contributed by atoms with van der Waals surface area (Å²) in [6.45, 7) is 2.47. The Bertz CT molecular complexity index is 755. The molecule has 0 aliphatic carbocycles. The second-order valence-corrected chi connectivity index (χ2v) is 7.77. The van der Waals surface area contributed by atoms with E-state index in [1.807, 2.05) is 0 Å².